The monoisotopic (exact) mass is 224 g/mol. The zero-order chi connectivity index (χ0) is 11.6. The molecule has 1 aliphatic heterocycles. The van der Waals surface area contributed by atoms with Crippen LogP contribution in [0.1, 0.15) is 25.3 Å². The normalized spacial score (nSPS) is 25.0. The van der Waals surface area contributed by atoms with E-state index >= 15 is 0 Å². The molecule has 0 bridgehead atoms. The molecule has 2 rings (SSSR count). The molecule has 88 valence electrons. The molecule has 1 fully saturated rings. The molecule has 0 saturated carbocycles. The van der Waals surface area contributed by atoms with E-state index in [-0.39, 0.29) is 11.7 Å². The number of halogens is 1. The zero-order valence-electron chi connectivity index (χ0n) is 9.45. The van der Waals surface area contributed by atoms with Crippen molar-refractivity contribution in [3.63, 3.8) is 0 Å². The van der Waals surface area contributed by atoms with Crippen molar-refractivity contribution in [1.82, 2.24) is 0 Å². The van der Waals surface area contributed by atoms with Gasteiger partial charge in [0.05, 0.1) is 6.61 Å². The van der Waals surface area contributed by atoms with Crippen LogP contribution >= 0.6 is 0 Å². The summed E-state index contributed by atoms with van der Waals surface area (Å²) in [4.78, 5) is 0. The minimum Gasteiger partial charge on any atom is -0.508 e. The number of hydrogen-bond acceptors (Lipinski definition) is 2. The largest absolute Gasteiger partial charge is 0.508 e. The first-order valence-electron chi connectivity index (χ1n) is 5.67. The van der Waals surface area contributed by atoms with Gasteiger partial charge in [-0.25, -0.2) is 4.39 Å². The van der Waals surface area contributed by atoms with Crippen LogP contribution < -0.4 is 0 Å². The smallest absolute Gasteiger partial charge is 0.138 e. The van der Waals surface area contributed by atoms with Crippen molar-refractivity contribution in [2.45, 2.75) is 25.4 Å². The number of hydrogen-bond donors (Lipinski definition) is 1. The van der Waals surface area contributed by atoms with E-state index in [1.54, 1.807) is 19.1 Å². The molecule has 1 saturated heterocycles. The Balaban J connectivity index is 2.19. The summed E-state index contributed by atoms with van der Waals surface area (Å²) in [5.41, 5.74) is -0.769. The van der Waals surface area contributed by atoms with Crippen LogP contribution in [0.5, 0.6) is 5.75 Å². The van der Waals surface area contributed by atoms with Gasteiger partial charge >= 0.3 is 0 Å². The molecule has 16 heavy (non-hydrogen) atoms. The van der Waals surface area contributed by atoms with Gasteiger partial charge in [-0.3, -0.25) is 0 Å². The average molecular weight is 224 g/mol. The van der Waals surface area contributed by atoms with Gasteiger partial charge in [0.15, 0.2) is 0 Å². The molecule has 2 unspecified atom stereocenters. The second-order valence-electron chi connectivity index (χ2n) is 4.54. The number of aromatic hydroxyl groups is 1. The van der Waals surface area contributed by atoms with Crippen LogP contribution in [0.25, 0.3) is 0 Å². The topological polar surface area (TPSA) is 29.5 Å². The number of benzene rings is 1. The van der Waals surface area contributed by atoms with E-state index < -0.39 is 5.67 Å². The molecular weight excluding hydrogens is 207 g/mol. The Labute approximate surface area is 95.1 Å². The minimum absolute atomic E-state index is 0.0919. The number of ether oxygens (including phenoxy) is 1. The van der Waals surface area contributed by atoms with E-state index in [1.807, 2.05) is 0 Å². The summed E-state index contributed by atoms with van der Waals surface area (Å²) < 4.78 is 20.0. The maximum absolute atomic E-state index is 14.7. The van der Waals surface area contributed by atoms with Crippen LogP contribution in [0.4, 0.5) is 4.39 Å². The van der Waals surface area contributed by atoms with Gasteiger partial charge in [-0.1, -0.05) is 12.1 Å². The van der Waals surface area contributed by atoms with Crippen LogP contribution in [-0.4, -0.2) is 18.3 Å². The maximum atomic E-state index is 14.7. The second kappa shape index (κ2) is 4.42. The lowest BCUT2D eigenvalue weighted by atomic mass is 9.81. The van der Waals surface area contributed by atoms with Gasteiger partial charge < -0.3 is 9.84 Å². The van der Waals surface area contributed by atoms with Crippen molar-refractivity contribution in [1.29, 1.82) is 0 Å². The first-order chi connectivity index (χ1) is 7.60. The van der Waals surface area contributed by atoms with E-state index in [2.05, 4.69) is 0 Å². The van der Waals surface area contributed by atoms with Crippen LogP contribution in [-0.2, 0) is 10.4 Å². The predicted octanol–water partition coefficient (Wildman–Crippen LogP) is 3.00. The van der Waals surface area contributed by atoms with Gasteiger partial charge in [-0.2, -0.15) is 0 Å². The van der Waals surface area contributed by atoms with Crippen molar-refractivity contribution in [2.24, 2.45) is 5.92 Å². The molecule has 1 N–H and O–H groups in total. The molecule has 0 radical (unpaired) electrons. The van der Waals surface area contributed by atoms with Gasteiger partial charge in [0.1, 0.15) is 11.4 Å². The second-order valence-corrected chi connectivity index (χ2v) is 4.54. The molecule has 0 aromatic heterocycles. The Hall–Kier alpha value is -1.09. The third kappa shape index (κ3) is 2.19. The number of rotatable bonds is 2. The molecule has 1 heterocycles. The maximum Gasteiger partial charge on any atom is 0.138 e. The molecule has 2 nitrogen and oxygen atoms in total. The van der Waals surface area contributed by atoms with Crippen LogP contribution in [0.15, 0.2) is 24.3 Å². The SMILES string of the molecule is CC(F)(c1ccc(O)cc1)C1CCCOC1. The summed E-state index contributed by atoms with van der Waals surface area (Å²) in [6, 6.07) is 6.33. The Morgan fingerprint density at radius 1 is 1.38 bits per heavy atom. The molecule has 2 atom stereocenters. The first-order valence-corrected chi connectivity index (χ1v) is 5.67. The van der Waals surface area contributed by atoms with E-state index in [9.17, 15) is 9.50 Å². The van der Waals surface area contributed by atoms with E-state index in [1.165, 1.54) is 12.1 Å². The fourth-order valence-corrected chi connectivity index (χ4v) is 2.19. The highest BCUT2D eigenvalue weighted by molar-refractivity contribution is 5.30. The number of alkyl halides is 1. The summed E-state index contributed by atoms with van der Waals surface area (Å²) in [7, 11) is 0. The molecule has 1 aliphatic rings. The lowest BCUT2D eigenvalue weighted by molar-refractivity contribution is -0.0232. The van der Waals surface area contributed by atoms with Crippen molar-refractivity contribution >= 4 is 0 Å². The highest BCUT2D eigenvalue weighted by atomic mass is 19.1. The quantitative estimate of drug-likeness (QED) is 0.836. The third-order valence-electron chi connectivity index (χ3n) is 3.36. The van der Waals surface area contributed by atoms with E-state index in [4.69, 9.17) is 4.74 Å². The fraction of sp³-hybridized carbons (Fsp3) is 0.538. The summed E-state index contributed by atoms with van der Waals surface area (Å²) >= 11 is 0. The van der Waals surface area contributed by atoms with Crippen LogP contribution in [0.2, 0.25) is 0 Å². The number of phenols is 1. The van der Waals surface area contributed by atoms with Gasteiger partial charge in [0.25, 0.3) is 0 Å². The lowest BCUT2D eigenvalue weighted by Gasteiger charge is -2.33. The Morgan fingerprint density at radius 2 is 2.06 bits per heavy atom. The van der Waals surface area contributed by atoms with E-state index in [0.29, 0.717) is 12.2 Å². The fourth-order valence-electron chi connectivity index (χ4n) is 2.19. The highest BCUT2D eigenvalue weighted by Gasteiger charge is 2.37. The van der Waals surface area contributed by atoms with Gasteiger partial charge in [0, 0.05) is 12.5 Å². The van der Waals surface area contributed by atoms with Crippen molar-refractivity contribution in [3.8, 4) is 5.75 Å². The Bertz CT molecular complexity index is 339. The van der Waals surface area contributed by atoms with Crippen LogP contribution in [0.3, 0.4) is 0 Å². The van der Waals surface area contributed by atoms with Crippen molar-refractivity contribution in [3.05, 3.63) is 29.8 Å². The molecule has 0 aliphatic carbocycles. The Morgan fingerprint density at radius 3 is 2.62 bits per heavy atom. The summed E-state index contributed by atoms with van der Waals surface area (Å²) in [5, 5.41) is 9.19. The molecule has 1 aromatic carbocycles. The van der Waals surface area contributed by atoms with Gasteiger partial charge in [0.2, 0.25) is 0 Å². The molecule has 1 aromatic rings. The average Bonchev–Trinajstić information content (AvgIpc) is 2.31. The minimum atomic E-state index is -1.38. The number of phenolic OH excluding ortho intramolecular Hbond substituents is 1. The van der Waals surface area contributed by atoms with Gasteiger partial charge in [-0.15, -0.1) is 0 Å². The molecule has 0 spiro atoms. The third-order valence-corrected chi connectivity index (χ3v) is 3.36. The van der Waals surface area contributed by atoms with Crippen molar-refractivity contribution in [2.75, 3.05) is 13.2 Å². The molecule has 0 amide bonds. The zero-order valence-corrected chi connectivity index (χ0v) is 9.45. The highest BCUT2D eigenvalue weighted by Crippen LogP contribution is 2.38. The van der Waals surface area contributed by atoms with Crippen LogP contribution in [0, 0.1) is 5.92 Å². The first kappa shape index (κ1) is 11.4. The molecule has 3 heteroatoms. The van der Waals surface area contributed by atoms with Crippen molar-refractivity contribution < 1.29 is 14.2 Å². The standard InChI is InChI=1S/C13H17FO2/c1-13(14,11-3-2-8-16-9-11)10-4-6-12(15)7-5-10/h4-7,11,15H,2-3,8-9H2,1H3. The predicted molar refractivity (Wildman–Crippen MR) is 60.1 cm³/mol. The lowest BCUT2D eigenvalue weighted by Crippen LogP contribution is -2.33. The van der Waals surface area contributed by atoms with Gasteiger partial charge in [-0.05, 0) is 37.5 Å². The van der Waals surface area contributed by atoms with E-state index in [0.717, 1.165) is 19.4 Å². The Kier molecular flexibility index (Phi) is 3.15. The summed E-state index contributed by atoms with van der Waals surface area (Å²) in [6.45, 7) is 2.81. The summed E-state index contributed by atoms with van der Waals surface area (Å²) in [5.74, 6) is 0.0743. The summed E-state index contributed by atoms with van der Waals surface area (Å²) in [6.07, 6.45) is 1.77. The molecular formula is C13H17FO2.